The van der Waals surface area contributed by atoms with Gasteiger partial charge >= 0.3 is 5.97 Å². The summed E-state index contributed by atoms with van der Waals surface area (Å²) in [6.45, 7) is 4.57. The van der Waals surface area contributed by atoms with E-state index in [0.717, 1.165) is 40.7 Å². The predicted octanol–water partition coefficient (Wildman–Crippen LogP) is 12.2. The predicted molar refractivity (Wildman–Crippen MR) is 189 cm³/mol. The third-order valence-electron chi connectivity index (χ3n) is 9.78. The van der Waals surface area contributed by atoms with E-state index in [1.54, 1.807) is 12.1 Å². The van der Waals surface area contributed by atoms with Crippen molar-refractivity contribution in [1.82, 2.24) is 0 Å². The SMILES string of the molecule is CCCCCCC1(CCCCCC)c2ccccc2-c2ccc(N(c3cccc(C(=O)O)c3)c3cccc4ccccc34)cc21. The lowest BCUT2D eigenvalue weighted by molar-refractivity contribution is 0.0697. The first-order valence-corrected chi connectivity index (χ1v) is 16.9. The molecule has 5 aromatic rings. The summed E-state index contributed by atoms with van der Waals surface area (Å²) < 4.78 is 0. The summed E-state index contributed by atoms with van der Waals surface area (Å²) in [6.07, 6.45) is 12.3. The van der Waals surface area contributed by atoms with Crippen molar-refractivity contribution in [1.29, 1.82) is 0 Å². The van der Waals surface area contributed by atoms with Crippen LogP contribution in [0, 0.1) is 0 Å². The number of unbranched alkanes of at least 4 members (excludes halogenated alkanes) is 6. The van der Waals surface area contributed by atoms with Gasteiger partial charge in [0.15, 0.2) is 0 Å². The number of carboxylic acids is 1. The lowest BCUT2D eigenvalue weighted by Crippen LogP contribution is -2.26. The quantitative estimate of drug-likeness (QED) is 0.130. The molecule has 5 aromatic carbocycles. The molecule has 0 amide bonds. The highest BCUT2D eigenvalue weighted by Gasteiger charge is 2.42. The minimum atomic E-state index is -0.919. The molecule has 0 fully saturated rings. The number of fused-ring (bicyclic) bond motifs is 4. The summed E-state index contributed by atoms with van der Waals surface area (Å²) in [4.78, 5) is 14.4. The minimum Gasteiger partial charge on any atom is -0.478 e. The van der Waals surface area contributed by atoms with Gasteiger partial charge in [0.05, 0.1) is 11.3 Å². The lowest BCUT2D eigenvalue weighted by Gasteiger charge is -2.34. The number of anilines is 3. The summed E-state index contributed by atoms with van der Waals surface area (Å²) in [5.41, 5.74) is 8.83. The molecule has 0 atom stereocenters. The van der Waals surface area contributed by atoms with Crippen LogP contribution in [0.3, 0.4) is 0 Å². The van der Waals surface area contributed by atoms with Gasteiger partial charge in [-0.25, -0.2) is 4.79 Å². The van der Waals surface area contributed by atoms with Crippen molar-refractivity contribution in [2.24, 2.45) is 0 Å². The molecular formula is C42H45NO2. The number of carboxylic acid groups (broad SMARTS) is 1. The summed E-state index contributed by atoms with van der Waals surface area (Å²) in [5, 5.41) is 12.2. The second-order valence-electron chi connectivity index (χ2n) is 12.7. The molecule has 1 aliphatic rings. The summed E-state index contributed by atoms with van der Waals surface area (Å²) in [6, 6.07) is 38.3. The van der Waals surface area contributed by atoms with Crippen LogP contribution >= 0.6 is 0 Å². The third kappa shape index (κ3) is 6.01. The Bertz CT molecular complexity index is 1770. The fraction of sp³-hybridized carbons (Fsp3) is 0.310. The van der Waals surface area contributed by atoms with E-state index >= 15 is 0 Å². The van der Waals surface area contributed by atoms with Gasteiger partial charge in [-0.3, -0.25) is 0 Å². The lowest BCUT2D eigenvalue weighted by atomic mass is 9.70. The zero-order valence-electron chi connectivity index (χ0n) is 26.8. The molecule has 0 aromatic heterocycles. The van der Waals surface area contributed by atoms with Crippen molar-refractivity contribution in [3.05, 3.63) is 126 Å². The van der Waals surface area contributed by atoms with Crippen LogP contribution in [0.25, 0.3) is 21.9 Å². The van der Waals surface area contributed by atoms with Gasteiger partial charge in [0.25, 0.3) is 0 Å². The van der Waals surface area contributed by atoms with Crippen molar-refractivity contribution in [2.75, 3.05) is 4.90 Å². The van der Waals surface area contributed by atoms with E-state index in [4.69, 9.17) is 0 Å². The van der Waals surface area contributed by atoms with E-state index in [0.29, 0.717) is 0 Å². The molecule has 0 bridgehead atoms. The van der Waals surface area contributed by atoms with Gasteiger partial charge in [0.2, 0.25) is 0 Å². The number of aromatic carboxylic acids is 1. The highest BCUT2D eigenvalue weighted by Crippen LogP contribution is 2.55. The van der Waals surface area contributed by atoms with E-state index in [9.17, 15) is 9.90 Å². The summed E-state index contributed by atoms with van der Waals surface area (Å²) in [7, 11) is 0. The molecular weight excluding hydrogens is 550 g/mol. The molecule has 0 radical (unpaired) electrons. The van der Waals surface area contributed by atoms with E-state index in [1.807, 2.05) is 12.1 Å². The number of nitrogens with zero attached hydrogens (tertiary/aromatic N) is 1. The second kappa shape index (κ2) is 13.7. The number of benzene rings is 5. The second-order valence-corrected chi connectivity index (χ2v) is 12.7. The number of rotatable bonds is 14. The number of hydrogen-bond donors (Lipinski definition) is 1. The van der Waals surface area contributed by atoms with E-state index in [1.165, 1.54) is 73.6 Å². The average Bonchev–Trinajstić information content (AvgIpc) is 3.34. The van der Waals surface area contributed by atoms with Crippen LogP contribution in [0.4, 0.5) is 17.1 Å². The van der Waals surface area contributed by atoms with Crippen molar-refractivity contribution in [2.45, 2.75) is 83.5 Å². The van der Waals surface area contributed by atoms with Crippen LogP contribution in [0.5, 0.6) is 0 Å². The maximum Gasteiger partial charge on any atom is 0.335 e. The Kier molecular flexibility index (Phi) is 9.35. The standard InChI is InChI=1S/C42H45NO2/c1-3-5-7-13-27-42(28-14-8-6-4-2)38-23-12-11-22-36(38)37-26-25-34(30-39(37)42)43(33-20-15-19-32(29-33)41(44)45)40-24-16-18-31-17-9-10-21-35(31)40/h9-12,15-26,29-30H,3-8,13-14,27-28H2,1-2H3,(H,44,45). The molecule has 3 heteroatoms. The molecule has 3 nitrogen and oxygen atoms in total. The number of hydrogen-bond acceptors (Lipinski definition) is 2. The van der Waals surface area contributed by atoms with Crippen LogP contribution in [0.2, 0.25) is 0 Å². The topological polar surface area (TPSA) is 40.5 Å². The molecule has 230 valence electrons. The fourth-order valence-corrected chi connectivity index (χ4v) is 7.56. The average molecular weight is 596 g/mol. The Hall–Kier alpha value is -4.37. The minimum absolute atomic E-state index is 0.0310. The van der Waals surface area contributed by atoms with Gasteiger partial charge in [0, 0.05) is 22.2 Å². The highest BCUT2D eigenvalue weighted by molar-refractivity contribution is 6.00. The van der Waals surface area contributed by atoms with Crippen LogP contribution in [-0.4, -0.2) is 11.1 Å². The Morgan fingerprint density at radius 1 is 0.622 bits per heavy atom. The Balaban J connectivity index is 1.55. The molecule has 6 rings (SSSR count). The molecule has 0 heterocycles. The third-order valence-corrected chi connectivity index (χ3v) is 9.78. The zero-order valence-corrected chi connectivity index (χ0v) is 26.8. The molecule has 0 spiro atoms. The Morgan fingerprint density at radius 2 is 1.27 bits per heavy atom. The van der Waals surface area contributed by atoms with Crippen LogP contribution in [0.15, 0.2) is 109 Å². The molecule has 0 saturated carbocycles. The molecule has 0 aliphatic heterocycles. The molecule has 45 heavy (non-hydrogen) atoms. The van der Waals surface area contributed by atoms with Crippen molar-refractivity contribution in [3.63, 3.8) is 0 Å². The first-order chi connectivity index (χ1) is 22.1. The summed E-state index contributed by atoms with van der Waals surface area (Å²) >= 11 is 0. The largest absolute Gasteiger partial charge is 0.478 e. The maximum absolute atomic E-state index is 12.1. The monoisotopic (exact) mass is 595 g/mol. The maximum atomic E-state index is 12.1. The Morgan fingerprint density at radius 3 is 2.02 bits per heavy atom. The smallest absolute Gasteiger partial charge is 0.335 e. The van der Waals surface area contributed by atoms with Crippen molar-refractivity contribution < 1.29 is 9.90 Å². The van der Waals surface area contributed by atoms with Crippen molar-refractivity contribution in [3.8, 4) is 11.1 Å². The van der Waals surface area contributed by atoms with Crippen LogP contribution in [0.1, 0.15) is 99.5 Å². The molecule has 1 aliphatic carbocycles. The van der Waals surface area contributed by atoms with E-state index in [2.05, 4.69) is 104 Å². The first-order valence-electron chi connectivity index (χ1n) is 16.9. The normalized spacial score (nSPS) is 13.0. The van der Waals surface area contributed by atoms with Gasteiger partial charge in [-0.2, -0.15) is 0 Å². The fourth-order valence-electron chi connectivity index (χ4n) is 7.56. The van der Waals surface area contributed by atoms with Crippen molar-refractivity contribution >= 4 is 33.8 Å². The zero-order chi connectivity index (χ0) is 31.2. The first kappa shape index (κ1) is 30.6. The van der Waals surface area contributed by atoms with E-state index < -0.39 is 5.97 Å². The summed E-state index contributed by atoms with van der Waals surface area (Å²) in [5.74, 6) is -0.919. The molecule has 0 saturated heterocycles. The van der Waals surface area contributed by atoms with Gasteiger partial charge in [-0.1, -0.05) is 138 Å². The van der Waals surface area contributed by atoms with Crippen LogP contribution in [-0.2, 0) is 5.41 Å². The molecule has 0 unspecified atom stereocenters. The number of carbonyl (C=O) groups is 1. The highest BCUT2D eigenvalue weighted by atomic mass is 16.4. The van der Waals surface area contributed by atoms with Gasteiger partial charge in [-0.05, 0) is 76.9 Å². The van der Waals surface area contributed by atoms with Gasteiger partial charge < -0.3 is 10.0 Å². The van der Waals surface area contributed by atoms with E-state index in [-0.39, 0.29) is 11.0 Å². The molecule has 1 N–H and O–H groups in total. The van der Waals surface area contributed by atoms with Crippen LogP contribution < -0.4 is 4.90 Å². The Labute approximate surface area is 268 Å². The van der Waals surface area contributed by atoms with Gasteiger partial charge in [0.1, 0.15) is 0 Å². The van der Waals surface area contributed by atoms with Gasteiger partial charge in [-0.15, -0.1) is 0 Å².